The molecule has 1 unspecified atom stereocenters. The first-order valence-electron chi connectivity index (χ1n) is 9.70. The van der Waals surface area contributed by atoms with Crippen LogP contribution in [0.5, 0.6) is 0 Å². The Morgan fingerprint density at radius 2 is 2.03 bits per heavy atom. The van der Waals surface area contributed by atoms with Crippen molar-refractivity contribution in [1.82, 2.24) is 0 Å². The highest BCUT2D eigenvalue weighted by Crippen LogP contribution is 2.44. The van der Waals surface area contributed by atoms with E-state index in [9.17, 15) is 10.1 Å². The molecule has 1 atom stereocenters. The number of benzene rings is 2. The van der Waals surface area contributed by atoms with Crippen LogP contribution in [0.3, 0.4) is 0 Å². The zero-order chi connectivity index (χ0) is 21.3. The molecule has 1 heterocycles. The summed E-state index contributed by atoms with van der Waals surface area (Å²) in [6, 6.07) is 13.4. The Kier molecular flexibility index (Phi) is 5.73. The van der Waals surface area contributed by atoms with Gasteiger partial charge in [-0.3, -0.25) is 4.79 Å². The molecular weight excluding hydrogens is 382 g/mol. The maximum absolute atomic E-state index is 12.6. The SMILES string of the molecule is Cc1ccccc1NC(=O)/C(C#N)=C\c1cc2c(cc1Cl)N(C)C(C)(C)CC2C. The predicted molar refractivity (Wildman–Crippen MR) is 120 cm³/mol. The second-order valence-electron chi connectivity index (χ2n) is 8.35. The number of halogens is 1. The molecule has 1 N–H and O–H groups in total. The van der Waals surface area contributed by atoms with Gasteiger partial charge in [0.15, 0.2) is 0 Å². The topological polar surface area (TPSA) is 56.1 Å². The Labute approximate surface area is 177 Å². The summed E-state index contributed by atoms with van der Waals surface area (Å²) in [5, 5.41) is 12.9. The Bertz CT molecular complexity index is 1030. The lowest BCUT2D eigenvalue weighted by Gasteiger charge is -2.45. The third kappa shape index (κ3) is 4.16. The van der Waals surface area contributed by atoms with Crippen LogP contribution in [0.4, 0.5) is 11.4 Å². The lowest BCUT2D eigenvalue weighted by Crippen LogP contribution is -2.45. The highest BCUT2D eigenvalue weighted by atomic mass is 35.5. The van der Waals surface area contributed by atoms with Gasteiger partial charge in [-0.15, -0.1) is 0 Å². The molecule has 29 heavy (non-hydrogen) atoms. The van der Waals surface area contributed by atoms with Crippen molar-refractivity contribution >= 4 is 35.0 Å². The standard InChI is InChI=1S/C24H26ClN3O/c1-15-8-6-7-9-21(15)27-23(29)18(14-26)10-17-11-19-16(2)13-24(3,4)28(5)22(19)12-20(17)25/h6-12,16H,13H2,1-5H3,(H,27,29)/b18-10-. The Morgan fingerprint density at radius 3 is 2.69 bits per heavy atom. The van der Waals surface area contributed by atoms with Crippen LogP contribution >= 0.6 is 11.6 Å². The number of nitrogens with zero attached hydrogens (tertiary/aromatic N) is 2. The van der Waals surface area contributed by atoms with Crippen LogP contribution in [0.1, 0.15) is 49.8 Å². The number of carbonyl (C=O) groups excluding carboxylic acids is 1. The van der Waals surface area contributed by atoms with E-state index in [4.69, 9.17) is 11.6 Å². The van der Waals surface area contributed by atoms with Gasteiger partial charge in [0.25, 0.3) is 5.91 Å². The number of nitrogens with one attached hydrogen (secondary N) is 1. The normalized spacial score (nSPS) is 18.0. The molecule has 0 aromatic heterocycles. The molecule has 0 radical (unpaired) electrons. The predicted octanol–water partition coefficient (Wildman–Crippen LogP) is 5.92. The first-order chi connectivity index (χ1) is 13.6. The number of amides is 1. The average molecular weight is 408 g/mol. The molecule has 0 fully saturated rings. The van der Waals surface area contributed by atoms with Crippen LogP contribution in [-0.4, -0.2) is 18.5 Å². The smallest absolute Gasteiger partial charge is 0.266 e. The molecule has 0 aliphatic carbocycles. The molecule has 1 aliphatic heterocycles. The summed E-state index contributed by atoms with van der Waals surface area (Å²) in [4.78, 5) is 14.9. The molecule has 0 saturated heterocycles. The van der Waals surface area contributed by atoms with E-state index in [1.165, 1.54) is 5.56 Å². The lowest BCUT2D eigenvalue weighted by atomic mass is 9.80. The van der Waals surface area contributed by atoms with Crippen LogP contribution < -0.4 is 10.2 Å². The highest BCUT2D eigenvalue weighted by molar-refractivity contribution is 6.32. The van der Waals surface area contributed by atoms with Crippen molar-refractivity contribution in [2.24, 2.45) is 0 Å². The molecular formula is C24H26ClN3O. The second kappa shape index (κ2) is 7.93. The van der Waals surface area contributed by atoms with Gasteiger partial charge in [-0.1, -0.05) is 36.7 Å². The second-order valence-corrected chi connectivity index (χ2v) is 8.76. The van der Waals surface area contributed by atoms with Crippen molar-refractivity contribution in [2.75, 3.05) is 17.3 Å². The van der Waals surface area contributed by atoms with Gasteiger partial charge in [0, 0.05) is 29.0 Å². The van der Waals surface area contributed by atoms with Crippen molar-refractivity contribution in [3.8, 4) is 6.07 Å². The number of para-hydroxylation sites is 1. The van der Waals surface area contributed by atoms with E-state index < -0.39 is 5.91 Å². The van der Waals surface area contributed by atoms with Crippen LogP contribution in [0.15, 0.2) is 42.0 Å². The summed E-state index contributed by atoms with van der Waals surface area (Å²) in [6.07, 6.45) is 2.59. The molecule has 0 spiro atoms. The van der Waals surface area contributed by atoms with Gasteiger partial charge >= 0.3 is 0 Å². The van der Waals surface area contributed by atoms with Crippen LogP contribution in [0, 0.1) is 18.3 Å². The van der Waals surface area contributed by atoms with Gasteiger partial charge in [-0.05, 0) is 74.1 Å². The number of nitriles is 1. The van der Waals surface area contributed by atoms with Crippen molar-refractivity contribution < 1.29 is 4.79 Å². The fourth-order valence-electron chi connectivity index (χ4n) is 3.92. The zero-order valence-corrected chi connectivity index (χ0v) is 18.3. The Hall–Kier alpha value is -2.77. The first-order valence-corrected chi connectivity index (χ1v) is 10.1. The summed E-state index contributed by atoms with van der Waals surface area (Å²) in [6.45, 7) is 8.55. The quantitative estimate of drug-likeness (QED) is 0.507. The Balaban J connectivity index is 1.97. The fourth-order valence-corrected chi connectivity index (χ4v) is 4.13. The Morgan fingerprint density at radius 1 is 1.34 bits per heavy atom. The van der Waals surface area contributed by atoms with Crippen LogP contribution in [0.25, 0.3) is 6.08 Å². The van der Waals surface area contributed by atoms with E-state index in [1.807, 2.05) is 49.4 Å². The third-order valence-corrected chi connectivity index (χ3v) is 6.14. The van der Waals surface area contributed by atoms with Gasteiger partial charge in [0.2, 0.25) is 0 Å². The minimum Gasteiger partial charge on any atom is -0.369 e. The first kappa shape index (κ1) is 21.0. The number of aryl methyl sites for hydroxylation is 1. The van der Waals surface area contributed by atoms with Crippen molar-refractivity contribution in [2.45, 2.75) is 45.6 Å². The maximum atomic E-state index is 12.6. The van der Waals surface area contributed by atoms with Gasteiger partial charge in [-0.25, -0.2) is 0 Å². The highest BCUT2D eigenvalue weighted by Gasteiger charge is 2.34. The molecule has 150 valence electrons. The van der Waals surface area contributed by atoms with E-state index >= 15 is 0 Å². The monoisotopic (exact) mass is 407 g/mol. The maximum Gasteiger partial charge on any atom is 0.266 e. The van der Waals surface area contributed by atoms with E-state index in [1.54, 1.807) is 6.08 Å². The molecule has 1 amide bonds. The van der Waals surface area contributed by atoms with E-state index in [-0.39, 0.29) is 11.1 Å². The molecule has 2 aromatic rings. The number of rotatable bonds is 3. The summed E-state index contributed by atoms with van der Waals surface area (Å²) < 4.78 is 0. The van der Waals surface area contributed by atoms with Crippen molar-refractivity contribution in [3.05, 3.63) is 63.7 Å². The van der Waals surface area contributed by atoms with Gasteiger partial charge < -0.3 is 10.2 Å². The molecule has 1 aliphatic rings. The van der Waals surface area contributed by atoms with E-state index in [0.29, 0.717) is 22.2 Å². The van der Waals surface area contributed by atoms with Crippen molar-refractivity contribution in [3.63, 3.8) is 0 Å². The molecule has 2 aromatic carbocycles. The largest absolute Gasteiger partial charge is 0.369 e. The van der Waals surface area contributed by atoms with Gasteiger partial charge in [-0.2, -0.15) is 5.26 Å². The van der Waals surface area contributed by atoms with Crippen LogP contribution in [0.2, 0.25) is 5.02 Å². The summed E-state index contributed by atoms with van der Waals surface area (Å²) in [5.41, 5.74) is 4.64. The number of anilines is 2. The number of carbonyl (C=O) groups is 1. The molecule has 3 rings (SSSR count). The third-order valence-electron chi connectivity index (χ3n) is 5.81. The number of hydrogen-bond acceptors (Lipinski definition) is 3. The zero-order valence-electron chi connectivity index (χ0n) is 17.5. The lowest BCUT2D eigenvalue weighted by molar-refractivity contribution is -0.112. The summed E-state index contributed by atoms with van der Waals surface area (Å²) in [5.74, 6) is -0.0890. The number of fused-ring (bicyclic) bond motifs is 1. The molecule has 0 bridgehead atoms. The summed E-state index contributed by atoms with van der Waals surface area (Å²) >= 11 is 6.55. The average Bonchev–Trinajstić information content (AvgIpc) is 2.66. The van der Waals surface area contributed by atoms with Crippen LogP contribution in [-0.2, 0) is 4.79 Å². The minimum atomic E-state index is -0.443. The molecule has 4 nitrogen and oxygen atoms in total. The van der Waals surface area contributed by atoms with Gasteiger partial charge in [0.1, 0.15) is 11.6 Å². The molecule has 5 heteroatoms. The molecule has 0 saturated carbocycles. The fraction of sp³-hybridized carbons (Fsp3) is 0.333. The number of hydrogen-bond donors (Lipinski definition) is 1. The van der Waals surface area contributed by atoms with E-state index in [0.717, 1.165) is 17.7 Å². The van der Waals surface area contributed by atoms with Gasteiger partial charge in [0.05, 0.1) is 0 Å². The van der Waals surface area contributed by atoms with Crippen molar-refractivity contribution in [1.29, 1.82) is 5.26 Å². The van der Waals surface area contributed by atoms with E-state index in [2.05, 4.69) is 38.0 Å². The summed E-state index contributed by atoms with van der Waals surface area (Å²) in [7, 11) is 2.08. The minimum absolute atomic E-state index is 0.0206.